The summed E-state index contributed by atoms with van der Waals surface area (Å²) >= 11 is 0. The Bertz CT molecular complexity index is 982. The minimum absolute atomic E-state index is 0.125. The van der Waals surface area contributed by atoms with Gasteiger partial charge in [-0.2, -0.15) is 0 Å². The molecule has 7 heteroatoms. The molecule has 32 heavy (non-hydrogen) atoms. The Morgan fingerprint density at radius 1 is 1.00 bits per heavy atom. The van der Waals surface area contributed by atoms with Gasteiger partial charge in [0.15, 0.2) is 0 Å². The fourth-order valence-corrected chi connectivity index (χ4v) is 4.65. The first-order valence-electron chi connectivity index (χ1n) is 11.3. The van der Waals surface area contributed by atoms with Gasteiger partial charge in [0, 0.05) is 23.1 Å². The molecule has 1 spiro atoms. The molecule has 2 aliphatic rings. The van der Waals surface area contributed by atoms with Crippen molar-refractivity contribution in [2.45, 2.75) is 57.5 Å². The second-order valence-electron chi connectivity index (χ2n) is 8.86. The summed E-state index contributed by atoms with van der Waals surface area (Å²) in [4.78, 5) is 41.5. The van der Waals surface area contributed by atoms with Crippen LogP contribution in [0.4, 0.5) is 21.9 Å². The Kier molecular flexibility index (Phi) is 6.17. The lowest BCUT2D eigenvalue weighted by molar-refractivity contribution is -0.135. The van der Waals surface area contributed by atoms with Gasteiger partial charge in [-0.25, -0.2) is 4.79 Å². The zero-order valence-corrected chi connectivity index (χ0v) is 18.6. The summed E-state index contributed by atoms with van der Waals surface area (Å²) in [6.07, 6.45) is 4.18. The van der Waals surface area contributed by atoms with Crippen molar-refractivity contribution in [3.8, 4) is 0 Å². The smallest absolute Gasteiger partial charge is 0.325 e. The normalized spacial score (nSPS) is 17.5. The van der Waals surface area contributed by atoms with Crippen LogP contribution in [0.5, 0.6) is 0 Å². The molecule has 0 bridgehead atoms. The number of carbonyl (C=O) groups is 3. The van der Waals surface area contributed by atoms with E-state index in [2.05, 4.69) is 10.6 Å². The summed E-state index contributed by atoms with van der Waals surface area (Å²) in [6, 6.07) is 16.8. The van der Waals surface area contributed by atoms with Gasteiger partial charge in [-0.15, -0.1) is 0 Å². The van der Waals surface area contributed by atoms with Crippen LogP contribution in [-0.2, 0) is 9.59 Å². The van der Waals surface area contributed by atoms with E-state index >= 15 is 0 Å². The van der Waals surface area contributed by atoms with Crippen LogP contribution in [0.1, 0.15) is 46.0 Å². The largest absolute Gasteiger partial charge is 0.356 e. The molecule has 0 radical (unpaired) electrons. The van der Waals surface area contributed by atoms with E-state index in [9.17, 15) is 14.4 Å². The van der Waals surface area contributed by atoms with E-state index in [1.807, 2.05) is 68.4 Å². The van der Waals surface area contributed by atoms with E-state index in [4.69, 9.17) is 0 Å². The molecule has 2 fully saturated rings. The summed E-state index contributed by atoms with van der Waals surface area (Å²) < 4.78 is 0. The van der Waals surface area contributed by atoms with Gasteiger partial charge in [0.2, 0.25) is 5.91 Å². The number of nitrogens with one attached hydrogen (secondary N) is 2. The average Bonchev–Trinajstić information content (AvgIpc) is 3.00. The van der Waals surface area contributed by atoms with Crippen LogP contribution in [0.25, 0.3) is 0 Å². The highest BCUT2D eigenvalue weighted by Crippen LogP contribution is 2.34. The van der Waals surface area contributed by atoms with Crippen molar-refractivity contribution < 1.29 is 14.4 Å². The van der Waals surface area contributed by atoms with Crippen molar-refractivity contribution in [1.82, 2.24) is 10.2 Å². The number of benzene rings is 2. The fraction of sp³-hybridized carbons (Fsp3) is 0.400. The van der Waals surface area contributed by atoms with Crippen molar-refractivity contribution in [1.29, 1.82) is 0 Å². The van der Waals surface area contributed by atoms with Crippen molar-refractivity contribution in [2.24, 2.45) is 0 Å². The van der Waals surface area contributed by atoms with Crippen LogP contribution < -0.4 is 15.5 Å². The maximum absolute atomic E-state index is 13.2. The van der Waals surface area contributed by atoms with Crippen molar-refractivity contribution >= 4 is 34.9 Å². The maximum atomic E-state index is 13.2. The van der Waals surface area contributed by atoms with Crippen molar-refractivity contribution in [3.63, 3.8) is 0 Å². The van der Waals surface area contributed by atoms with E-state index < -0.39 is 11.6 Å². The minimum atomic E-state index is -0.816. The van der Waals surface area contributed by atoms with Crippen molar-refractivity contribution in [2.75, 3.05) is 16.8 Å². The Morgan fingerprint density at radius 2 is 1.62 bits per heavy atom. The molecule has 2 aromatic rings. The van der Waals surface area contributed by atoms with Crippen LogP contribution in [0.15, 0.2) is 54.6 Å². The van der Waals surface area contributed by atoms with E-state index in [1.54, 1.807) is 4.90 Å². The van der Waals surface area contributed by atoms with Gasteiger partial charge in [-0.05, 0) is 63.1 Å². The lowest BCUT2D eigenvalue weighted by Crippen LogP contribution is -2.49. The van der Waals surface area contributed by atoms with Gasteiger partial charge in [0.05, 0.1) is 0 Å². The van der Waals surface area contributed by atoms with Gasteiger partial charge in [0.25, 0.3) is 5.91 Å². The minimum Gasteiger partial charge on any atom is -0.356 e. The summed E-state index contributed by atoms with van der Waals surface area (Å²) in [6.45, 7) is 3.58. The standard InChI is InChI=1S/C25H30N4O3/c1-18(2)29(21-13-11-20(12-14-21)26-19-9-5-3-6-10-19)22(30)17-28-23(31)25(27-24(28)32)15-7-4-8-16-25/h3,5-6,9-14,18,26H,4,7-8,15-17H2,1-2H3,(H,27,32). The highest BCUT2D eigenvalue weighted by molar-refractivity contribution is 6.10. The lowest BCUT2D eigenvalue weighted by Gasteiger charge is -2.31. The second kappa shape index (κ2) is 9.02. The highest BCUT2D eigenvalue weighted by Gasteiger charge is 2.51. The Balaban J connectivity index is 1.47. The summed E-state index contributed by atoms with van der Waals surface area (Å²) in [5, 5.41) is 6.19. The van der Waals surface area contributed by atoms with E-state index in [0.717, 1.165) is 41.2 Å². The molecule has 0 aromatic heterocycles. The average molecular weight is 435 g/mol. The highest BCUT2D eigenvalue weighted by atomic mass is 16.2. The zero-order chi connectivity index (χ0) is 22.7. The number of anilines is 3. The molecular weight excluding hydrogens is 404 g/mol. The van der Waals surface area contributed by atoms with Gasteiger partial charge >= 0.3 is 6.03 Å². The van der Waals surface area contributed by atoms with E-state index in [-0.39, 0.29) is 24.4 Å². The molecule has 1 saturated heterocycles. The number of nitrogens with zero attached hydrogens (tertiary/aromatic N) is 2. The van der Waals surface area contributed by atoms with Crippen LogP contribution in [0.2, 0.25) is 0 Å². The zero-order valence-electron chi connectivity index (χ0n) is 18.6. The van der Waals surface area contributed by atoms with Gasteiger partial charge in [-0.1, -0.05) is 37.5 Å². The van der Waals surface area contributed by atoms with Crippen LogP contribution in [-0.4, -0.2) is 40.9 Å². The van der Waals surface area contributed by atoms with Crippen LogP contribution in [0.3, 0.4) is 0 Å². The molecule has 1 heterocycles. The van der Waals surface area contributed by atoms with E-state index in [0.29, 0.717) is 12.8 Å². The Morgan fingerprint density at radius 3 is 2.25 bits per heavy atom. The van der Waals surface area contributed by atoms with Gasteiger partial charge in [-0.3, -0.25) is 14.5 Å². The Hall–Kier alpha value is -3.35. The molecule has 4 rings (SSSR count). The molecule has 0 atom stereocenters. The monoisotopic (exact) mass is 434 g/mol. The number of para-hydroxylation sites is 1. The molecular formula is C25H30N4O3. The number of carbonyl (C=O) groups excluding carboxylic acids is 3. The molecule has 7 nitrogen and oxygen atoms in total. The molecule has 1 aliphatic heterocycles. The van der Waals surface area contributed by atoms with Crippen LogP contribution in [0, 0.1) is 0 Å². The quantitative estimate of drug-likeness (QED) is 0.659. The summed E-state index contributed by atoms with van der Waals surface area (Å²) in [5.41, 5.74) is 1.79. The predicted octanol–water partition coefficient (Wildman–Crippen LogP) is 4.43. The first-order chi connectivity index (χ1) is 15.4. The fourth-order valence-electron chi connectivity index (χ4n) is 4.65. The first-order valence-corrected chi connectivity index (χ1v) is 11.3. The second-order valence-corrected chi connectivity index (χ2v) is 8.86. The lowest BCUT2D eigenvalue weighted by atomic mass is 9.82. The topological polar surface area (TPSA) is 81.8 Å². The molecule has 0 unspecified atom stereocenters. The number of hydrogen-bond acceptors (Lipinski definition) is 4. The molecule has 1 aliphatic carbocycles. The number of imide groups is 1. The summed E-state index contributed by atoms with van der Waals surface area (Å²) in [5.74, 6) is -0.540. The third kappa shape index (κ3) is 4.33. The maximum Gasteiger partial charge on any atom is 0.325 e. The molecule has 2 N–H and O–H groups in total. The third-order valence-corrected chi connectivity index (χ3v) is 6.24. The van der Waals surface area contributed by atoms with Gasteiger partial charge < -0.3 is 15.5 Å². The van der Waals surface area contributed by atoms with Crippen LogP contribution >= 0.6 is 0 Å². The SMILES string of the molecule is CC(C)N(C(=O)CN1C(=O)NC2(CCCCC2)C1=O)c1ccc(Nc2ccccc2)cc1. The molecule has 1 saturated carbocycles. The molecule has 4 amide bonds. The summed E-state index contributed by atoms with van der Waals surface area (Å²) in [7, 11) is 0. The van der Waals surface area contributed by atoms with Crippen molar-refractivity contribution in [3.05, 3.63) is 54.6 Å². The molecule has 2 aromatic carbocycles. The predicted molar refractivity (Wildman–Crippen MR) is 125 cm³/mol. The number of amides is 4. The first kappa shape index (κ1) is 21.9. The third-order valence-electron chi connectivity index (χ3n) is 6.24. The number of rotatable bonds is 6. The number of urea groups is 1. The Labute approximate surface area is 188 Å². The van der Waals surface area contributed by atoms with E-state index in [1.165, 1.54) is 0 Å². The van der Waals surface area contributed by atoms with Gasteiger partial charge in [0.1, 0.15) is 12.1 Å². The molecule has 168 valence electrons. The number of hydrogen-bond donors (Lipinski definition) is 2.